The normalized spacial score (nSPS) is 12.4. The third-order valence-corrected chi connectivity index (χ3v) is 2.74. The predicted molar refractivity (Wildman–Crippen MR) is 83.2 cm³/mol. The molecule has 6 heteroatoms. The molecule has 0 aliphatic rings. The second-order valence-electron chi connectivity index (χ2n) is 4.14. The average molecular weight is 268 g/mol. The molecule has 102 valence electrons. The molecule has 0 heterocycles. The Labute approximate surface area is 116 Å². The van der Waals surface area contributed by atoms with Gasteiger partial charge in [-0.05, 0) is 24.3 Å². The van der Waals surface area contributed by atoms with Crippen molar-refractivity contribution in [2.75, 3.05) is 11.5 Å². The Morgan fingerprint density at radius 2 is 1.00 bits per heavy atom. The van der Waals surface area contributed by atoms with Gasteiger partial charge in [-0.2, -0.15) is 0 Å². The molecule has 0 bridgehead atoms. The largest absolute Gasteiger partial charge is 0.398 e. The Morgan fingerprint density at radius 1 is 0.650 bits per heavy atom. The highest BCUT2D eigenvalue weighted by molar-refractivity contribution is 6.04. The van der Waals surface area contributed by atoms with Crippen LogP contribution in [0.15, 0.2) is 58.7 Å². The third-order valence-electron chi connectivity index (χ3n) is 2.74. The zero-order valence-corrected chi connectivity index (χ0v) is 10.8. The first-order valence-electron chi connectivity index (χ1n) is 5.96. The molecule has 2 aromatic carbocycles. The molecular formula is C14H16N6. The van der Waals surface area contributed by atoms with Crippen LogP contribution in [-0.2, 0) is 0 Å². The van der Waals surface area contributed by atoms with Gasteiger partial charge in [0, 0.05) is 22.5 Å². The molecule has 6 nitrogen and oxygen atoms in total. The molecule has 0 aliphatic heterocycles. The van der Waals surface area contributed by atoms with Gasteiger partial charge in [0.05, 0.1) is 0 Å². The number of para-hydroxylation sites is 2. The van der Waals surface area contributed by atoms with Crippen LogP contribution in [0.5, 0.6) is 0 Å². The molecule has 0 fully saturated rings. The van der Waals surface area contributed by atoms with Crippen molar-refractivity contribution < 1.29 is 0 Å². The molecule has 0 radical (unpaired) electrons. The summed E-state index contributed by atoms with van der Waals surface area (Å²) in [5.41, 5.74) is 25.6. The zero-order chi connectivity index (χ0) is 14.5. The van der Waals surface area contributed by atoms with Gasteiger partial charge in [0.15, 0.2) is 11.7 Å². The van der Waals surface area contributed by atoms with Gasteiger partial charge in [-0.1, -0.05) is 24.3 Å². The summed E-state index contributed by atoms with van der Waals surface area (Å²) in [5.74, 6) is 0.390. The van der Waals surface area contributed by atoms with Gasteiger partial charge in [-0.25, -0.2) is 0 Å². The van der Waals surface area contributed by atoms with Gasteiger partial charge < -0.3 is 22.9 Å². The number of benzene rings is 2. The topological polar surface area (TPSA) is 129 Å². The Balaban J connectivity index is 2.30. The maximum Gasteiger partial charge on any atom is 0.155 e. The third kappa shape index (κ3) is 2.86. The van der Waals surface area contributed by atoms with E-state index in [-0.39, 0.29) is 11.7 Å². The summed E-state index contributed by atoms with van der Waals surface area (Å²) in [7, 11) is 0. The van der Waals surface area contributed by atoms with Crippen LogP contribution in [0.3, 0.4) is 0 Å². The van der Waals surface area contributed by atoms with Crippen LogP contribution in [0, 0.1) is 0 Å². The summed E-state index contributed by atoms with van der Waals surface area (Å²) < 4.78 is 0. The molecule has 2 aromatic rings. The Morgan fingerprint density at radius 3 is 1.35 bits per heavy atom. The number of hydrogen-bond acceptors (Lipinski definition) is 4. The number of rotatable bonds is 3. The van der Waals surface area contributed by atoms with Gasteiger partial charge in [0.2, 0.25) is 0 Å². The van der Waals surface area contributed by atoms with Crippen LogP contribution in [0.2, 0.25) is 0 Å². The van der Waals surface area contributed by atoms with Crippen LogP contribution < -0.4 is 22.9 Å². The number of nitrogen functional groups attached to an aromatic ring is 2. The van der Waals surface area contributed by atoms with Crippen molar-refractivity contribution in [3.8, 4) is 0 Å². The zero-order valence-electron chi connectivity index (χ0n) is 10.8. The minimum Gasteiger partial charge on any atom is -0.398 e. The number of nitrogens with two attached hydrogens (primary N) is 4. The highest BCUT2D eigenvalue weighted by Gasteiger charge is 2.04. The first-order valence-corrected chi connectivity index (χ1v) is 5.96. The Kier molecular flexibility index (Phi) is 3.85. The minimum atomic E-state index is 0.195. The van der Waals surface area contributed by atoms with E-state index in [9.17, 15) is 0 Å². The molecule has 0 amide bonds. The summed E-state index contributed by atoms with van der Waals surface area (Å²) >= 11 is 0. The van der Waals surface area contributed by atoms with Gasteiger partial charge in [-0.3, -0.25) is 0 Å². The second kappa shape index (κ2) is 5.75. The van der Waals surface area contributed by atoms with E-state index < -0.39 is 0 Å². The summed E-state index contributed by atoms with van der Waals surface area (Å²) in [6.45, 7) is 0. The number of hydrogen-bond donors (Lipinski definition) is 4. The standard InChI is InChI=1S/C14H16N6/c15-11-7-3-1-5-9(11)13(17)19-20-14(18)10-6-2-4-8-12(10)16/h1-8H,15-16H2,(H2,17,19)(H2,18,20). The maximum atomic E-state index is 5.84. The SMILES string of the molecule is N/C(=N\N=C(/N)c1ccccc1N)c1ccccc1N. The molecule has 0 aromatic heterocycles. The molecule has 0 saturated heterocycles. The van der Waals surface area contributed by atoms with Crippen molar-refractivity contribution in [2.24, 2.45) is 21.7 Å². The monoisotopic (exact) mass is 268 g/mol. The predicted octanol–water partition coefficient (Wildman–Crippen LogP) is 0.877. The van der Waals surface area contributed by atoms with Crippen molar-refractivity contribution >= 4 is 23.0 Å². The van der Waals surface area contributed by atoms with E-state index in [1.807, 2.05) is 24.3 Å². The lowest BCUT2D eigenvalue weighted by atomic mass is 10.1. The first kappa shape index (κ1) is 13.4. The number of nitrogens with zero attached hydrogens (tertiary/aromatic N) is 2. The Bertz CT molecular complexity index is 615. The minimum absolute atomic E-state index is 0.195. The fraction of sp³-hybridized carbons (Fsp3) is 0. The molecule has 20 heavy (non-hydrogen) atoms. The first-order chi connectivity index (χ1) is 9.59. The summed E-state index contributed by atoms with van der Waals surface area (Å²) in [5, 5.41) is 7.79. The van der Waals surface area contributed by atoms with Crippen LogP contribution in [0.4, 0.5) is 11.4 Å². The van der Waals surface area contributed by atoms with E-state index >= 15 is 0 Å². The van der Waals surface area contributed by atoms with Gasteiger partial charge >= 0.3 is 0 Å². The Hall–Kier alpha value is -3.02. The molecule has 0 spiro atoms. The molecule has 2 rings (SSSR count). The van der Waals surface area contributed by atoms with E-state index in [0.717, 1.165) is 0 Å². The fourth-order valence-corrected chi connectivity index (χ4v) is 1.68. The van der Waals surface area contributed by atoms with Crippen molar-refractivity contribution in [1.29, 1.82) is 0 Å². The fourth-order valence-electron chi connectivity index (χ4n) is 1.68. The van der Waals surface area contributed by atoms with Crippen LogP contribution in [0.25, 0.3) is 0 Å². The second-order valence-corrected chi connectivity index (χ2v) is 4.14. The maximum absolute atomic E-state index is 5.84. The molecule has 0 atom stereocenters. The number of anilines is 2. The van der Waals surface area contributed by atoms with Crippen molar-refractivity contribution in [2.45, 2.75) is 0 Å². The van der Waals surface area contributed by atoms with Crippen molar-refractivity contribution in [3.63, 3.8) is 0 Å². The molecule has 0 aliphatic carbocycles. The number of amidine groups is 2. The average Bonchev–Trinajstić information content (AvgIpc) is 2.45. The van der Waals surface area contributed by atoms with Crippen LogP contribution in [0.1, 0.15) is 11.1 Å². The highest BCUT2D eigenvalue weighted by Crippen LogP contribution is 2.11. The van der Waals surface area contributed by atoms with Gasteiger partial charge in [0.1, 0.15) is 0 Å². The lowest BCUT2D eigenvalue weighted by molar-refractivity contribution is 1.20. The molecular weight excluding hydrogens is 252 g/mol. The van der Waals surface area contributed by atoms with Gasteiger partial charge in [-0.15, -0.1) is 10.2 Å². The van der Waals surface area contributed by atoms with E-state index in [4.69, 9.17) is 22.9 Å². The lowest BCUT2D eigenvalue weighted by Gasteiger charge is -2.04. The van der Waals surface area contributed by atoms with Gasteiger partial charge in [0.25, 0.3) is 0 Å². The summed E-state index contributed by atoms with van der Waals surface area (Å²) in [4.78, 5) is 0. The smallest absolute Gasteiger partial charge is 0.155 e. The van der Waals surface area contributed by atoms with Crippen molar-refractivity contribution in [3.05, 3.63) is 59.7 Å². The van der Waals surface area contributed by atoms with Crippen LogP contribution in [-0.4, -0.2) is 11.7 Å². The quantitative estimate of drug-likeness (QED) is 0.285. The highest BCUT2D eigenvalue weighted by atomic mass is 15.3. The van der Waals surface area contributed by atoms with E-state index in [1.165, 1.54) is 0 Å². The molecule has 8 N–H and O–H groups in total. The van der Waals surface area contributed by atoms with Crippen molar-refractivity contribution in [1.82, 2.24) is 0 Å². The molecule has 0 unspecified atom stereocenters. The summed E-state index contributed by atoms with van der Waals surface area (Å²) in [6, 6.07) is 14.3. The molecule has 0 saturated carbocycles. The van der Waals surface area contributed by atoms with Crippen LogP contribution >= 0.6 is 0 Å². The summed E-state index contributed by atoms with van der Waals surface area (Å²) in [6.07, 6.45) is 0. The lowest BCUT2D eigenvalue weighted by Crippen LogP contribution is -2.18. The van der Waals surface area contributed by atoms with E-state index in [1.54, 1.807) is 24.3 Å². The van der Waals surface area contributed by atoms with E-state index in [2.05, 4.69) is 10.2 Å². The van der Waals surface area contributed by atoms with E-state index in [0.29, 0.717) is 22.5 Å².